The summed E-state index contributed by atoms with van der Waals surface area (Å²) in [5.41, 5.74) is 3.33. The van der Waals surface area contributed by atoms with Gasteiger partial charge in [-0.2, -0.15) is 5.10 Å². The van der Waals surface area contributed by atoms with E-state index in [4.69, 9.17) is 0 Å². The van der Waals surface area contributed by atoms with Gasteiger partial charge in [0.05, 0.1) is 5.52 Å². The minimum Gasteiger partial charge on any atom is -0.350 e. The van der Waals surface area contributed by atoms with E-state index in [0.29, 0.717) is 5.52 Å². The van der Waals surface area contributed by atoms with Gasteiger partial charge in [-0.3, -0.25) is 9.59 Å². The lowest BCUT2D eigenvalue weighted by Crippen LogP contribution is -2.22. The lowest BCUT2D eigenvalue weighted by atomic mass is 10.2. The summed E-state index contributed by atoms with van der Waals surface area (Å²) in [6, 6.07) is 4.95. The average Bonchev–Trinajstić information content (AvgIpc) is 2.51. The van der Waals surface area contributed by atoms with Crippen LogP contribution in [0.3, 0.4) is 0 Å². The molecule has 2 aromatic rings. The number of fused-ring (bicyclic) bond motifs is 1. The number of nitrogens with one attached hydrogen (secondary N) is 2. The molecule has 0 radical (unpaired) electrons. The number of hydrogen-bond acceptors (Lipinski definition) is 3. The molecule has 0 saturated heterocycles. The Morgan fingerprint density at radius 1 is 1.36 bits per heavy atom. The zero-order chi connectivity index (χ0) is 16.1. The van der Waals surface area contributed by atoms with E-state index in [1.807, 2.05) is 6.92 Å². The van der Waals surface area contributed by atoms with Crippen LogP contribution in [0.2, 0.25) is 0 Å². The molecular formula is C16H18FN3O2. The first-order valence-corrected chi connectivity index (χ1v) is 7.17. The SMILES string of the molecule is CCCC/C(C)=N/NC(=O)c1cc(=O)c2cc(F)ccc2[nH]1. The first-order valence-electron chi connectivity index (χ1n) is 7.17. The number of carbonyl (C=O) groups is 1. The maximum Gasteiger partial charge on any atom is 0.287 e. The summed E-state index contributed by atoms with van der Waals surface area (Å²) in [7, 11) is 0. The van der Waals surface area contributed by atoms with Gasteiger partial charge in [0.2, 0.25) is 0 Å². The van der Waals surface area contributed by atoms with Crippen molar-refractivity contribution in [2.75, 3.05) is 0 Å². The van der Waals surface area contributed by atoms with Gasteiger partial charge < -0.3 is 4.98 Å². The van der Waals surface area contributed by atoms with E-state index >= 15 is 0 Å². The van der Waals surface area contributed by atoms with Crippen molar-refractivity contribution in [3.05, 3.63) is 46.0 Å². The second-order valence-electron chi connectivity index (χ2n) is 5.13. The lowest BCUT2D eigenvalue weighted by Gasteiger charge is -2.04. The molecule has 0 aliphatic carbocycles. The molecule has 1 heterocycles. The molecule has 0 atom stereocenters. The van der Waals surface area contributed by atoms with Gasteiger partial charge in [0.1, 0.15) is 11.5 Å². The highest BCUT2D eigenvalue weighted by atomic mass is 19.1. The van der Waals surface area contributed by atoms with Gasteiger partial charge in [0.25, 0.3) is 5.91 Å². The number of benzene rings is 1. The normalized spacial score (nSPS) is 11.7. The van der Waals surface area contributed by atoms with Crippen LogP contribution >= 0.6 is 0 Å². The Labute approximate surface area is 127 Å². The van der Waals surface area contributed by atoms with Crippen molar-refractivity contribution in [1.82, 2.24) is 10.4 Å². The molecule has 1 amide bonds. The molecule has 0 spiro atoms. The summed E-state index contributed by atoms with van der Waals surface area (Å²) in [6.07, 6.45) is 2.86. The standard InChI is InChI=1S/C16H18FN3O2/c1-3-4-5-10(2)19-20-16(22)14-9-15(21)12-8-11(17)6-7-13(12)18-14/h6-9H,3-5H2,1-2H3,(H,18,21)(H,20,22)/b19-10+. The van der Waals surface area contributed by atoms with Crippen molar-refractivity contribution in [2.24, 2.45) is 5.10 Å². The number of aromatic amines is 1. The van der Waals surface area contributed by atoms with Gasteiger partial charge >= 0.3 is 0 Å². The number of H-pyrrole nitrogens is 1. The fourth-order valence-electron chi connectivity index (χ4n) is 2.04. The fourth-order valence-corrected chi connectivity index (χ4v) is 2.04. The molecule has 0 aliphatic heterocycles. The van der Waals surface area contributed by atoms with Gasteiger partial charge in [-0.25, -0.2) is 9.82 Å². The molecular weight excluding hydrogens is 285 g/mol. The van der Waals surface area contributed by atoms with Gasteiger partial charge in [-0.1, -0.05) is 13.3 Å². The quantitative estimate of drug-likeness (QED) is 0.658. The maximum absolute atomic E-state index is 13.1. The molecule has 2 rings (SSSR count). The summed E-state index contributed by atoms with van der Waals surface area (Å²) >= 11 is 0. The molecule has 2 N–H and O–H groups in total. The molecule has 1 aromatic carbocycles. The van der Waals surface area contributed by atoms with Crippen LogP contribution < -0.4 is 10.9 Å². The third-order valence-corrected chi connectivity index (χ3v) is 3.28. The van der Waals surface area contributed by atoms with Crippen LogP contribution in [-0.2, 0) is 0 Å². The van der Waals surface area contributed by atoms with E-state index in [2.05, 4.69) is 22.4 Å². The predicted octanol–water partition coefficient (Wildman–Crippen LogP) is 2.96. The zero-order valence-corrected chi connectivity index (χ0v) is 12.6. The smallest absolute Gasteiger partial charge is 0.287 e. The number of rotatable bonds is 5. The second kappa shape index (κ2) is 6.98. The largest absolute Gasteiger partial charge is 0.350 e. The predicted molar refractivity (Wildman–Crippen MR) is 84.6 cm³/mol. The fraction of sp³-hybridized carbons (Fsp3) is 0.312. The van der Waals surface area contributed by atoms with Crippen LogP contribution in [0.1, 0.15) is 43.6 Å². The molecule has 0 fully saturated rings. The highest BCUT2D eigenvalue weighted by Crippen LogP contribution is 2.10. The number of aromatic nitrogens is 1. The van der Waals surface area contributed by atoms with Gasteiger partial charge in [-0.05, 0) is 38.0 Å². The van der Waals surface area contributed by atoms with Crippen LogP contribution in [-0.4, -0.2) is 16.6 Å². The molecule has 0 saturated carbocycles. The molecule has 22 heavy (non-hydrogen) atoms. The first-order chi connectivity index (χ1) is 10.5. The monoisotopic (exact) mass is 303 g/mol. The van der Waals surface area contributed by atoms with Crippen LogP contribution in [0, 0.1) is 5.82 Å². The zero-order valence-electron chi connectivity index (χ0n) is 12.6. The molecule has 116 valence electrons. The van der Waals surface area contributed by atoms with Crippen molar-refractivity contribution in [3.8, 4) is 0 Å². The number of hydrazone groups is 1. The van der Waals surface area contributed by atoms with Crippen molar-refractivity contribution in [2.45, 2.75) is 33.1 Å². The number of carbonyl (C=O) groups excluding carboxylic acids is 1. The van der Waals surface area contributed by atoms with E-state index in [0.717, 1.165) is 37.1 Å². The first kappa shape index (κ1) is 15.9. The average molecular weight is 303 g/mol. The number of unbranched alkanes of at least 4 members (excludes halogenated alkanes) is 1. The van der Waals surface area contributed by atoms with E-state index < -0.39 is 17.2 Å². The summed E-state index contributed by atoms with van der Waals surface area (Å²) in [5.74, 6) is -0.995. The maximum atomic E-state index is 13.1. The van der Waals surface area contributed by atoms with Gasteiger partial charge in [0, 0.05) is 17.2 Å². The number of nitrogens with zero attached hydrogens (tertiary/aromatic N) is 1. The van der Waals surface area contributed by atoms with Crippen molar-refractivity contribution in [3.63, 3.8) is 0 Å². The number of halogens is 1. The highest BCUT2D eigenvalue weighted by Gasteiger charge is 2.09. The van der Waals surface area contributed by atoms with Crippen LogP contribution in [0.15, 0.2) is 34.2 Å². The molecule has 0 bridgehead atoms. The van der Waals surface area contributed by atoms with E-state index in [9.17, 15) is 14.0 Å². The van der Waals surface area contributed by atoms with Crippen LogP contribution in [0.25, 0.3) is 10.9 Å². The van der Waals surface area contributed by atoms with Crippen molar-refractivity contribution < 1.29 is 9.18 Å². The highest BCUT2D eigenvalue weighted by molar-refractivity contribution is 5.95. The number of hydrogen-bond donors (Lipinski definition) is 2. The van der Waals surface area contributed by atoms with E-state index in [1.54, 1.807) is 0 Å². The minimum absolute atomic E-state index is 0.0937. The summed E-state index contributed by atoms with van der Waals surface area (Å²) in [5, 5.41) is 4.20. The third kappa shape index (κ3) is 3.78. The van der Waals surface area contributed by atoms with Gasteiger partial charge in [0.15, 0.2) is 5.43 Å². The Morgan fingerprint density at radius 2 is 2.14 bits per heavy atom. The third-order valence-electron chi connectivity index (χ3n) is 3.28. The van der Waals surface area contributed by atoms with Crippen LogP contribution in [0.5, 0.6) is 0 Å². The van der Waals surface area contributed by atoms with Crippen molar-refractivity contribution in [1.29, 1.82) is 0 Å². The Kier molecular flexibility index (Phi) is 5.04. The van der Waals surface area contributed by atoms with Crippen LogP contribution in [0.4, 0.5) is 4.39 Å². The Morgan fingerprint density at radius 3 is 2.86 bits per heavy atom. The number of amides is 1. The second-order valence-corrected chi connectivity index (χ2v) is 5.13. The summed E-state index contributed by atoms with van der Waals surface area (Å²) in [6.45, 7) is 3.91. The molecule has 1 aromatic heterocycles. The molecule has 0 aliphatic rings. The minimum atomic E-state index is -0.501. The summed E-state index contributed by atoms with van der Waals surface area (Å²) in [4.78, 5) is 26.8. The van der Waals surface area contributed by atoms with E-state index in [1.165, 1.54) is 12.1 Å². The summed E-state index contributed by atoms with van der Waals surface area (Å²) < 4.78 is 13.1. The van der Waals surface area contributed by atoms with Gasteiger partial charge in [-0.15, -0.1) is 0 Å². The Balaban J connectivity index is 2.22. The molecule has 5 nitrogen and oxygen atoms in total. The number of pyridine rings is 1. The Hall–Kier alpha value is -2.50. The molecule has 0 unspecified atom stereocenters. The lowest BCUT2D eigenvalue weighted by molar-refractivity contribution is 0.0950. The molecule has 6 heteroatoms. The van der Waals surface area contributed by atoms with E-state index in [-0.39, 0.29) is 11.1 Å². The van der Waals surface area contributed by atoms with Crippen molar-refractivity contribution >= 4 is 22.5 Å². The Bertz CT molecular complexity index is 781. The topological polar surface area (TPSA) is 74.3 Å².